The number of pyridine rings is 1. The van der Waals surface area contributed by atoms with Gasteiger partial charge in [0.15, 0.2) is 0 Å². The van der Waals surface area contributed by atoms with Crippen molar-refractivity contribution in [2.45, 2.75) is 0 Å². The summed E-state index contributed by atoms with van der Waals surface area (Å²) in [5, 5.41) is -0.198. The average Bonchev–Trinajstić information content (AvgIpc) is 1.97. The summed E-state index contributed by atoms with van der Waals surface area (Å²) < 4.78 is 28.3. The molecule has 1 nitrogen and oxygen atoms in total. The highest BCUT2D eigenvalue weighted by Crippen LogP contribution is 1.98. The second-order valence-corrected chi connectivity index (χ2v) is 1.25. The molecular weight excluding hydrogens is 110 g/mol. The molecule has 0 amide bonds. The Labute approximate surface area is 52.6 Å². The maximum absolute atomic E-state index is 7.11. The fourth-order valence-electron chi connectivity index (χ4n) is 0.216. The summed E-state index contributed by atoms with van der Waals surface area (Å²) >= 11 is 5.37. The lowest BCUT2D eigenvalue weighted by molar-refractivity contribution is 1.33. The highest BCUT2D eigenvalue weighted by molar-refractivity contribution is 6.29. The van der Waals surface area contributed by atoms with E-state index >= 15 is 0 Å². The van der Waals surface area contributed by atoms with E-state index in [-0.39, 0.29) is 29.5 Å². The molecule has 2 heteroatoms. The zero-order valence-electron chi connectivity index (χ0n) is 7.33. The lowest BCUT2D eigenvalue weighted by atomic mass is 10.5. The van der Waals surface area contributed by atoms with Gasteiger partial charge in [-0.25, -0.2) is 4.98 Å². The topological polar surface area (TPSA) is 12.9 Å². The van der Waals surface area contributed by atoms with Gasteiger partial charge in [-0.3, -0.25) is 0 Å². The molecule has 1 aromatic rings. The lowest BCUT2D eigenvalue weighted by Gasteiger charge is -1.79. The maximum atomic E-state index is 7.11. The summed E-state index contributed by atoms with van der Waals surface area (Å²) in [5.41, 5.74) is 0. The Kier molecular flexibility index (Phi) is 0.484. The van der Waals surface area contributed by atoms with Crippen LogP contribution in [0.2, 0.25) is 5.15 Å². The van der Waals surface area contributed by atoms with E-state index in [0.717, 1.165) is 0 Å². The zero-order chi connectivity index (χ0) is 8.59. The van der Waals surface area contributed by atoms with Crippen LogP contribution in [0.5, 0.6) is 0 Å². The number of hydrogen-bond donors (Lipinski definition) is 0. The van der Waals surface area contributed by atoms with Crippen molar-refractivity contribution in [3.05, 3.63) is 29.5 Å². The van der Waals surface area contributed by atoms with Gasteiger partial charge in [0.05, 0.1) is 5.48 Å². The van der Waals surface area contributed by atoms with Crippen LogP contribution in [-0.4, -0.2) is 4.98 Å². The van der Waals surface area contributed by atoms with Gasteiger partial charge in [-0.1, -0.05) is 17.6 Å². The normalized spacial score (nSPS) is 16.7. The first-order valence-corrected chi connectivity index (χ1v) is 2.01. The van der Waals surface area contributed by atoms with E-state index in [0.29, 0.717) is 0 Å². The van der Waals surface area contributed by atoms with E-state index in [2.05, 4.69) is 4.98 Å². The van der Waals surface area contributed by atoms with Crippen molar-refractivity contribution < 1.29 is 5.48 Å². The van der Waals surface area contributed by atoms with E-state index in [1.165, 1.54) is 0 Å². The van der Waals surface area contributed by atoms with E-state index in [1.54, 1.807) is 0 Å². The first kappa shape index (κ1) is 1.75. The number of rotatable bonds is 0. The molecule has 0 aliphatic rings. The van der Waals surface area contributed by atoms with Gasteiger partial charge in [0.25, 0.3) is 0 Å². The summed E-state index contributed by atoms with van der Waals surface area (Å²) in [4.78, 5) is 3.37. The molecule has 36 valence electrons. The Morgan fingerprint density at radius 1 is 1.71 bits per heavy atom. The van der Waals surface area contributed by atoms with E-state index < -0.39 is 0 Å². The molecule has 0 aliphatic carbocycles. The molecule has 0 fully saturated rings. The Balaban J connectivity index is 3.46. The summed E-state index contributed by atoms with van der Waals surface area (Å²) in [5.74, 6) is 0. The third kappa shape index (κ3) is 1.16. The van der Waals surface area contributed by atoms with Crippen LogP contribution in [0.25, 0.3) is 0 Å². The number of hydrogen-bond acceptors (Lipinski definition) is 1. The highest BCUT2D eigenvalue weighted by atomic mass is 35.5. The van der Waals surface area contributed by atoms with Crippen LogP contribution in [0.15, 0.2) is 24.3 Å². The molecule has 0 radical (unpaired) electrons. The molecule has 0 saturated heterocycles. The quantitative estimate of drug-likeness (QED) is 0.472. The maximum Gasteiger partial charge on any atom is 0.129 e. The van der Waals surface area contributed by atoms with Crippen LogP contribution >= 0.6 is 11.6 Å². The van der Waals surface area contributed by atoms with E-state index in [1.807, 2.05) is 0 Å². The third-order valence-electron chi connectivity index (χ3n) is 0.438. The summed E-state index contributed by atoms with van der Waals surface area (Å²) in [6.45, 7) is 0. The van der Waals surface area contributed by atoms with Crippen LogP contribution in [-0.2, 0) is 0 Å². The fourth-order valence-corrected chi connectivity index (χ4v) is 0.305. The van der Waals surface area contributed by atoms with Crippen molar-refractivity contribution in [3.8, 4) is 0 Å². The Bertz CT molecular complexity index is 275. The molecule has 0 atom stereocenters. The van der Waals surface area contributed by atoms with Crippen LogP contribution in [0, 0.1) is 0 Å². The van der Waals surface area contributed by atoms with Gasteiger partial charge in [-0.2, -0.15) is 0 Å². The predicted molar refractivity (Wildman–Crippen MR) is 29.2 cm³/mol. The molecule has 0 N–H and O–H groups in total. The largest absolute Gasteiger partial charge is 0.245 e. The smallest absolute Gasteiger partial charge is 0.129 e. The minimum absolute atomic E-state index is 0.198. The Morgan fingerprint density at radius 2 is 2.57 bits per heavy atom. The molecule has 0 saturated carbocycles. The number of aromatic nitrogens is 1. The molecule has 0 aromatic carbocycles. The molecule has 7 heavy (non-hydrogen) atoms. The van der Waals surface area contributed by atoms with Gasteiger partial charge >= 0.3 is 0 Å². The number of nitrogens with zero attached hydrogens (tertiary/aromatic N) is 1. The molecule has 0 unspecified atom stereocenters. The van der Waals surface area contributed by atoms with Crippen molar-refractivity contribution in [1.29, 1.82) is 0 Å². The second kappa shape index (κ2) is 1.94. The lowest BCUT2D eigenvalue weighted by Crippen LogP contribution is -1.65. The molecule has 1 rings (SSSR count). The Morgan fingerprint density at radius 3 is 3.43 bits per heavy atom. The van der Waals surface area contributed by atoms with Crippen LogP contribution < -0.4 is 0 Å². The summed E-state index contributed by atoms with van der Waals surface area (Å²) in [6.07, 6.45) is -0.365. The Hall–Kier alpha value is -0.560. The third-order valence-corrected chi connectivity index (χ3v) is 0.617. The molecule has 1 aromatic heterocycles. The van der Waals surface area contributed by atoms with Crippen LogP contribution in [0.4, 0.5) is 0 Å². The van der Waals surface area contributed by atoms with Gasteiger partial charge in [0, 0.05) is 6.17 Å². The first-order valence-electron chi connectivity index (χ1n) is 3.64. The van der Waals surface area contributed by atoms with Crippen molar-refractivity contribution in [2.75, 3.05) is 0 Å². The molecule has 1 heterocycles. The SMILES string of the molecule is [2H]c1nc(Cl)c([2H])c([2H])c1[2H]. The molecule has 0 spiro atoms. The van der Waals surface area contributed by atoms with Crippen LogP contribution in [0.1, 0.15) is 5.48 Å². The molecule has 0 aliphatic heterocycles. The van der Waals surface area contributed by atoms with Crippen LogP contribution in [0.3, 0.4) is 0 Å². The van der Waals surface area contributed by atoms with Crippen molar-refractivity contribution in [1.82, 2.24) is 4.98 Å². The predicted octanol–water partition coefficient (Wildman–Crippen LogP) is 1.73. The zero-order valence-corrected chi connectivity index (χ0v) is 4.08. The van der Waals surface area contributed by atoms with Gasteiger partial charge in [0.2, 0.25) is 0 Å². The second-order valence-electron chi connectivity index (χ2n) is 0.889. The van der Waals surface area contributed by atoms with Gasteiger partial charge in [-0.15, -0.1) is 0 Å². The standard InChI is InChI=1S/C5H4ClN/c6-5-3-1-2-4-7-5/h1-4H/i1D,2D,3D,4D. The van der Waals surface area contributed by atoms with E-state index in [9.17, 15) is 0 Å². The number of halogens is 1. The molecule has 0 bridgehead atoms. The highest BCUT2D eigenvalue weighted by Gasteiger charge is 1.76. The van der Waals surface area contributed by atoms with Crippen molar-refractivity contribution in [2.24, 2.45) is 0 Å². The van der Waals surface area contributed by atoms with E-state index in [4.69, 9.17) is 17.1 Å². The van der Waals surface area contributed by atoms with Crippen molar-refractivity contribution >= 4 is 11.6 Å². The molecular formula is C5H4ClN. The summed E-state index contributed by atoms with van der Waals surface area (Å²) in [6, 6.07) is -1.01. The van der Waals surface area contributed by atoms with Gasteiger partial charge < -0.3 is 0 Å². The minimum Gasteiger partial charge on any atom is -0.245 e. The minimum atomic E-state index is -0.365. The van der Waals surface area contributed by atoms with Crippen molar-refractivity contribution in [3.63, 3.8) is 0 Å². The first-order chi connectivity index (χ1) is 5.04. The summed E-state index contributed by atoms with van der Waals surface area (Å²) in [7, 11) is 0. The van der Waals surface area contributed by atoms with Gasteiger partial charge in [0.1, 0.15) is 5.15 Å². The monoisotopic (exact) mass is 117 g/mol. The average molecular weight is 118 g/mol. The fraction of sp³-hybridized carbons (Fsp3) is 0. The van der Waals surface area contributed by atoms with Gasteiger partial charge in [-0.05, 0) is 12.1 Å².